The van der Waals surface area contributed by atoms with E-state index in [1.54, 1.807) is 4.68 Å². The third kappa shape index (κ3) is 3.82. The Morgan fingerprint density at radius 1 is 1.56 bits per heavy atom. The molecule has 1 aliphatic heterocycles. The van der Waals surface area contributed by atoms with Gasteiger partial charge in [0.25, 0.3) is 0 Å². The van der Waals surface area contributed by atoms with Crippen LogP contribution in [0.5, 0.6) is 0 Å². The first-order valence-corrected chi connectivity index (χ1v) is 6.18. The van der Waals surface area contributed by atoms with Crippen LogP contribution in [-0.2, 0) is 23.1 Å². The average molecular weight is 253 g/mol. The number of aromatic nitrogens is 2. The Balaban J connectivity index is 1.71. The number of aryl methyl sites for hydroxylation is 1. The summed E-state index contributed by atoms with van der Waals surface area (Å²) in [5.74, 6) is -0.897. The van der Waals surface area contributed by atoms with Crippen molar-refractivity contribution in [2.75, 3.05) is 19.7 Å². The highest BCUT2D eigenvalue weighted by Crippen LogP contribution is 2.15. The lowest BCUT2D eigenvalue weighted by atomic mass is 10.1. The number of aliphatic carboxylic acids is 1. The molecule has 1 aromatic heterocycles. The van der Waals surface area contributed by atoms with Gasteiger partial charge in [0.1, 0.15) is 6.61 Å². The van der Waals surface area contributed by atoms with Crippen LogP contribution in [-0.4, -0.2) is 51.6 Å². The molecule has 1 fully saturated rings. The lowest BCUT2D eigenvalue weighted by Gasteiger charge is -2.31. The zero-order valence-electron chi connectivity index (χ0n) is 10.6. The molecule has 0 spiro atoms. The summed E-state index contributed by atoms with van der Waals surface area (Å²) in [6.45, 7) is 2.53. The normalized spacial score (nSPS) is 18.1. The number of carboxylic acids is 1. The van der Waals surface area contributed by atoms with Crippen molar-refractivity contribution in [3.05, 3.63) is 18.0 Å². The van der Waals surface area contributed by atoms with Crippen LogP contribution in [0, 0.1) is 0 Å². The van der Waals surface area contributed by atoms with Crippen molar-refractivity contribution in [1.29, 1.82) is 0 Å². The maximum absolute atomic E-state index is 10.4. The van der Waals surface area contributed by atoms with Crippen LogP contribution in [0.15, 0.2) is 12.3 Å². The van der Waals surface area contributed by atoms with E-state index in [9.17, 15) is 4.79 Å². The van der Waals surface area contributed by atoms with Crippen LogP contribution in [0.1, 0.15) is 18.5 Å². The molecule has 1 aliphatic rings. The SMILES string of the molecule is Cn1ccc(CN2CCC(OCC(=O)O)CC2)n1. The van der Waals surface area contributed by atoms with Crippen molar-refractivity contribution < 1.29 is 14.6 Å². The Morgan fingerprint density at radius 2 is 2.28 bits per heavy atom. The summed E-state index contributed by atoms with van der Waals surface area (Å²) in [7, 11) is 1.91. The summed E-state index contributed by atoms with van der Waals surface area (Å²) in [6, 6.07) is 2.02. The first-order chi connectivity index (χ1) is 8.63. The molecule has 2 heterocycles. The van der Waals surface area contributed by atoms with E-state index in [0.717, 1.165) is 38.2 Å². The number of carboxylic acid groups (broad SMARTS) is 1. The van der Waals surface area contributed by atoms with E-state index in [1.807, 2.05) is 19.3 Å². The fourth-order valence-corrected chi connectivity index (χ4v) is 2.20. The molecular formula is C12H19N3O3. The van der Waals surface area contributed by atoms with Gasteiger partial charge in [0, 0.05) is 32.9 Å². The second-order valence-corrected chi connectivity index (χ2v) is 4.66. The number of nitrogens with zero attached hydrogens (tertiary/aromatic N) is 3. The zero-order valence-corrected chi connectivity index (χ0v) is 10.6. The van der Waals surface area contributed by atoms with Crippen molar-refractivity contribution in [3.63, 3.8) is 0 Å². The van der Waals surface area contributed by atoms with Crippen molar-refractivity contribution in [2.45, 2.75) is 25.5 Å². The number of hydrogen-bond donors (Lipinski definition) is 1. The van der Waals surface area contributed by atoms with Crippen LogP contribution in [0.3, 0.4) is 0 Å². The quantitative estimate of drug-likeness (QED) is 0.827. The minimum Gasteiger partial charge on any atom is -0.480 e. The number of carbonyl (C=O) groups is 1. The van der Waals surface area contributed by atoms with Gasteiger partial charge in [0.05, 0.1) is 11.8 Å². The maximum atomic E-state index is 10.4. The first kappa shape index (κ1) is 13.0. The van der Waals surface area contributed by atoms with Crippen LogP contribution in [0.25, 0.3) is 0 Å². The highest BCUT2D eigenvalue weighted by Gasteiger charge is 2.20. The summed E-state index contributed by atoms with van der Waals surface area (Å²) in [6.07, 6.45) is 3.80. The third-order valence-corrected chi connectivity index (χ3v) is 3.13. The standard InChI is InChI=1S/C12H19N3O3/c1-14-5-2-10(13-14)8-15-6-3-11(4-7-15)18-9-12(16)17/h2,5,11H,3-4,6-9H2,1H3,(H,16,17). The predicted octanol–water partition coefficient (Wildman–Crippen LogP) is 0.486. The lowest BCUT2D eigenvalue weighted by Crippen LogP contribution is -2.37. The zero-order chi connectivity index (χ0) is 13.0. The van der Waals surface area contributed by atoms with Crippen molar-refractivity contribution in [2.24, 2.45) is 7.05 Å². The molecule has 2 rings (SSSR count). The summed E-state index contributed by atoms with van der Waals surface area (Å²) in [5, 5.41) is 12.9. The molecule has 0 amide bonds. The fraction of sp³-hybridized carbons (Fsp3) is 0.667. The van der Waals surface area contributed by atoms with Gasteiger partial charge in [-0.3, -0.25) is 9.58 Å². The van der Waals surface area contributed by atoms with Crippen molar-refractivity contribution in [1.82, 2.24) is 14.7 Å². The summed E-state index contributed by atoms with van der Waals surface area (Å²) < 4.78 is 7.10. The highest BCUT2D eigenvalue weighted by molar-refractivity contribution is 5.68. The van der Waals surface area contributed by atoms with Gasteiger partial charge in [-0.15, -0.1) is 0 Å². The molecular weight excluding hydrogens is 234 g/mol. The molecule has 100 valence electrons. The van der Waals surface area contributed by atoms with Gasteiger partial charge < -0.3 is 9.84 Å². The maximum Gasteiger partial charge on any atom is 0.329 e. The molecule has 1 N–H and O–H groups in total. The number of likely N-dealkylation sites (tertiary alicyclic amines) is 1. The molecule has 0 atom stereocenters. The highest BCUT2D eigenvalue weighted by atomic mass is 16.5. The number of hydrogen-bond acceptors (Lipinski definition) is 4. The molecule has 0 aliphatic carbocycles. The molecule has 0 aromatic carbocycles. The minimum absolute atomic E-state index is 0.0843. The van der Waals surface area contributed by atoms with Gasteiger partial charge >= 0.3 is 5.97 Å². The Morgan fingerprint density at radius 3 is 2.83 bits per heavy atom. The van der Waals surface area contributed by atoms with Gasteiger partial charge in [0.2, 0.25) is 0 Å². The van der Waals surface area contributed by atoms with Crippen LogP contribution in [0.4, 0.5) is 0 Å². The van der Waals surface area contributed by atoms with Gasteiger partial charge in [-0.2, -0.15) is 5.10 Å². The Labute approximate surface area is 106 Å². The van der Waals surface area contributed by atoms with Gasteiger partial charge in [-0.1, -0.05) is 0 Å². The summed E-state index contributed by atoms with van der Waals surface area (Å²) in [4.78, 5) is 12.7. The van der Waals surface area contributed by atoms with Crippen molar-refractivity contribution in [3.8, 4) is 0 Å². The largest absolute Gasteiger partial charge is 0.480 e. The van der Waals surface area contributed by atoms with E-state index in [4.69, 9.17) is 9.84 Å². The molecule has 0 unspecified atom stereocenters. The van der Waals surface area contributed by atoms with E-state index < -0.39 is 5.97 Å². The second kappa shape index (κ2) is 5.97. The van der Waals surface area contributed by atoms with E-state index in [1.165, 1.54) is 0 Å². The van der Waals surface area contributed by atoms with E-state index in [-0.39, 0.29) is 12.7 Å². The minimum atomic E-state index is -0.897. The molecule has 1 saturated heterocycles. The number of piperidine rings is 1. The topological polar surface area (TPSA) is 67.6 Å². The van der Waals surface area contributed by atoms with E-state index in [2.05, 4.69) is 10.00 Å². The van der Waals surface area contributed by atoms with E-state index >= 15 is 0 Å². The van der Waals surface area contributed by atoms with Gasteiger partial charge in [-0.05, 0) is 18.9 Å². The summed E-state index contributed by atoms with van der Waals surface area (Å²) in [5.41, 5.74) is 1.07. The molecule has 1 aromatic rings. The molecule has 6 heteroatoms. The number of ether oxygens (including phenoxy) is 1. The molecule has 0 radical (unpaired) electrons. The molecule has 0 bridgehead atoms. The first-order valence-electron chi connectivity index (χ1n) is 6.18. The van der Waals surface area contributed by atoms with Gasteiger partial charge in [-0.25, -0.2) is 4.79 Å². The number of rotatable bonds is 5. The Hall–Kier alpha value is -1.40. The van der Waals surface area contributed by atoms with E-state index in [0.29, 0.717) is 0 Å². The fourth-order valence-electron chi connectivity index (χ4n) is 2.20. The molecule has 6 nitrogen and oxygen atoms in total. The molecule has 18 heavy (non-hydrogen) atoms. The van der Waals surface area contributed by atoms with Crippen LogP contribution >= 0.6 is 0 Å². The average Bonchev–Trinajstić information content (AvgIpc) is 2.74. The molecule has 0 saturated carbocycles. The predicted molar refractivity (Wildman–Crippen MR) is 65.1 cm³/mol. The second-order valence-electron chi connectivity index (χ2n) is 4.66. The Bertz CT molecular complexity index is 397. The Kier molecular flexibility index (Phi) is 4.33. The lowest BCUT2D eigenvalue weighted by molar-refractivity contribution is -0.145. The monoisotopic (exact) mass is 253 g/mol. The van der Waals surface area contributed by atoms with Crippen LogP contribution in [0.2, 0.25) is 0 Å². The smallest absolute Gasteiger partial charge is 0.329 e. The summed E-state index contributed by atoms with van der Waals surface area (Å²) >= 11 is 0. The third-order valence-electron chi connectivity index (χ3n) is 3.13. The van der Waals surface area contributed by atoms with Gasteiger partial charge in [0.15, 0.2) is 0 Å². The van der Waals surface area contributed by atoms with Crippen molar-refractivity contribution >= 4 is 5.97 Å². The van der Waals surface area contributed by atoms with Crippen LogP contribution < -0.4 is 0 Å².